The molecule has 0 spiro atoms. The van der Waals surface area contributed by atoms with Gasteiger partial charge in [-0.1, -0.05) is 28.4 Å². The Hall–Kier alpha value is -2.05. The van der Waals surface area contributed by atoms with Gasteiger partial charge in [0, 0.05) is 16.8 Å². The molecule has 0 aliphatic heterocycles. The molecule has 25 heavy (non-hydrogen) atoms. The van der Waals surface area contributed by atoms with E-state index in [1.807, 2.05) is 29.9 Å². The Kier molecular flexibility index (Phi) is 4.75. The lowest BCUT2D eigenvalue weighted by Crippen LogP contribution is -2.22. The highest BCUT2D eigenvalue weighted by molar-refractivity contribution is 6.35. The van der Waals surface area contributed by atoms with E-state index in [-0.39, 0.29) is 5.54 Å². The maximum absolute atomic E-state index is 6.28. The third-order valence-corrected chi connectivity index (χ3v) is 4.24. The first-order valence-electron chi connectivity index (χ1n) is 7.92. The van der Waals surface area contributed by atoms with Crippen molar-refractivity contribution in [3.05, 3.63) is 51.9 Å². The fourth-order valence-electron chi connectivity index (χ4n) is 2.35. The number of hydrogen-bond donors (Lipinski definition) is 1. The number of nitrogens with one attached hydrogen (secondary N) is 1. The van der Waals surface area contributed by atoms with Crippen LogP contribution in [0.25, 0.3) is 5.69 Å². The van der Waals surface area contributed by atoms with Crippen molar-refractivity contribution in [3.8, 4) is 5.69 Å². The lowest BCUT2D eigenvalue weighted by Gasteiger charge is -2.17. The molecule has 0 radical (unpaired) electrons. The molecule has 0 aliphatic carbocycles. The van der Waals surface area contributed by atoms with Gasteiger partial charge >= 0.3 is 0 Å². The first kappa shape index (κ1) is 17.8. The summed E-state index contributed by atoms with van der Waals surface area (Å²) in [5.41, 5.74) is 2.52. The summed E-state index contributed by atoms with van der Waals surface area (Å²) in [6.45, 7) is 8.76. The van der Waals surface area contributed by atoms with E-state index in [0.717, 1.165) is 22.9 Å². The Labute approximate surface area is 156 Å². The molecule has 1 aromatic carbocycles. The van der Waals surface area contributed by atoms with Gasteiger partial charge in [0.25, 0.3) is 0 Å². The van der Waals surface area contributed by atoms with Gasteiger partial charge in [0.05, 0.1) is 29.0 Å². The third kappa shape index (κ3) is 3.96. The third-order valence-electron chi connectivity index (χ3n) is 3.70. The maximum Gasteiger partial charge on any atom is 0.149 e. The van der Waals surface area contributed by atoms with Gasteiger partial charge in [-0.3, -0.25) is 0 Å². The largest absolute Gasteiger partial charge is 0.363 e. The molecule has 6 nitrogen and oxygen atoms in total. The summed E-state index contributed by atoms with van der Waals surface area (Å²) in [5.74, 6) is 0.744. The van der Waals surface area contributed by atoms with E-state index in [9.17, 15) is 0 Å². The van der Waals surface area contributed by atoms with E-state index in [0.29, 0.717) is 16.6 Å². The molecule has 1 N–H and O–H groups in total. The maximum atomic E-state index is 6.28. The Bertz CT molecular complexity index is 891. The zero-order valence-electron chi connectivity index (χ0n) is 14.6. The van der Waals surface area contributed by atoms with Gasteiger partial charge in [0.2, 0.25) is 0 Å². The monoisotopic (exact) mass is 378 g/mol. The van der Waals surface area contributed by atoms with Crippen LogP contribution in [0.5, 0.6) is 0 Å². The highest BCUT2D eigenvalue weighted by Gasteiger charge is 2.15. The minimum atomic E-state index is -0.0885. The molecular weight excluding hydrogens is 359 g/mol. The van der Waals surface area contributed by atoms with Crippen LogP contribution in [0, 0.1) is 6.92 Å². The Morgan fingerprint density at radius 3 is 2.56 bits per heavy atom. The van der Waals surface area contributed by atoms with Gasteiger partial charge in [-0.15, -0.1) is 5.10 Å². The Morgan fingerprint density at radius 2 is 1.92 bits per heavy atom. The SMILES string of the molecule is Cc1cc(NCc2cn(C(C)(C)C)nn2)nn1-c1ccc(Cl)cc1Cl. The number of aromatic nitrogens is 5. The van der Waals surface area contributed by atoms with E-state index >= 15 is 0 Å². The van der Waals surface area contributed by atoms with Gasteiger partial charge in [0.15, 0.2) is 0 Å². The summed E-state index contributed by atoms with van der Waals surface area (Å²) in [5, 5.41) is 17.3. The zero-order chi connectivity index (χ0) is 18.2. The van der Waals surface area contributed by atoms with Crippen LogP contribution in [0.2, 0.25) is 10.0 Å². The average molecular weight is 379 g/mol. The zero-order valence-corrected chi connectivity index (χ0v) is 16.1. The van der Waals surface area contributed by atoms with Crippen molar-refractivity contribution in [2.45, 2.75) is 39.8 Å². The van der Waals surface area contributed by atoms with Crippen molar-refractivity contribution in [3.63, 3.8) is 0 Å². The van der Waals surface area contributed by atoms with Gasteiger partial charge < -0.3 is 5.32 Å². The fourth-order valence-corrected chi connectivity index (χ4v) is 2.83. The van der Waals surface area contributed by atoms with E-state index < -0.39 is 0 Å². The lowest BCUT2D eigenvalue weighted by molar-refractivity contribution is 0.347. The summed E-state index contributed by atoms with van der Waals surface area (Å²) in [7, 11) is 0. The lowest BCUT2D eigenvalue weighted by atomic mass is 10.1. The number of rotatable bonds is 4. The summed E-state index contributed by atoms with van der Waals surface area (Å²) in [4.78, 5) is 0. The first-order valence-corrected chi connectivity index (χ1v) is 8.67. The first-order chi connectivity index (χ1) is 11.7. The molecule has 3 rings (SSSR count). The van der Waals surface area contributed by atoms with E-state index in [1.165, 1.54) is 0 Å². The fraction of sp³-hybridized carbons (Fsp3) is 0.353. The number of nitrogens with zero attached hydrogens (tertiary/aromatic N) is 5. The molecule has 0 bridgehead atoms. The molecule has 0 unspecified atom stereocenters. The second-order valence-corrected chi connectivity index (χ2v) is 7.70. The van der Waals surface area contributed by atoms with Crippen molar-refractivity contribution >= 4 is 29.0 Å². The molecule has 0 aliphatic rings. The summed E-state index contributed by atoms with van der Waals surface area (Å²) < 4.78 is 3.63. The minimum Gasteiger partial charge on any atom is -0.363 e. The Morgan fingerprint density at radius 1 is 1.16 bits per heavy atom. The highest BCUT2D eigenvalue weighted by Crippen LogP contribution is 2.26. The summed E-state index contributed by atoms with van der Waals surface area (Å²) >= 11 is 12.2. The molecule has 2 aromatic heterocycles. The molecular formula is C17H20Cl2N6. The molecule has 8 heteroatoms. The van der Waals surface area contributed by atoms with Crippen molar-refractivity contribution in [2.24, 2.45) is 0 Å². The molecule has 0 fully saturated rings. The minimum absolute atomic E-state index is 0.0885. The van der Waals surface area contributed by atoms with Crippen LogP contribution in [0.15, 0.2) is 30.5 Å². The second kappa shape index (κ2) is 6.69. The number of anilines is 1. The van der Waals surface area contributed by atoms with Crippen LogP contribution >= 0.6 is 23.2 Å². The predicted molar refractivity (Wildman–Crippen MR) is 101 cm³/mol. The predicted octanol–water partition coefficient (Wildman–Crippen LogP) is 4.45. The topological polar surface area (TPSA) is 60.6 Å². The molecule has 0 saturated carbocycles. The van der Waals surface area contributed by atoms with E-state index in [4.69, 9.17) is 23.2 Å². The van der Waals surface area contributed by atoms with E-state index in [2.05, 4.69) is 41.5 Å². The number of hydrogen-bond acceptors (Lipinski definition) is 4. The van der Waals surface area contributed by atoms with Gasteiger partial charge in [-0.2, -0.15) is 5.10 Å². The van der Waals surface area contributed by atoms with Gasteiger partial charge in [-0.05, 0) is 45.9 Å². The van der Waals surface area contributed by atoms with Crippen molar-refractivity contribution < 1.29 is 0 Å². The normalized spacial score (nSPS) is 11.8. The molecule has 3 aromatic rings. The number of halogens is 2. The standard InChI is InChI=1S/C17H20Cl2N6/c1-11-7-16(20-9-13-10-24(23-21-13)17(2,3)4)22-25(11)15-6-5-12(18)8-14(15)19/h5-8,10H,9H2,1-4H3,(H,20,22). The molecule has 0 saturated heterocycles. The van der Waals surface area contributed by atoms with Crippen LogP contribution in [-0.4, -0.2) is 24.8 Å². The molecule has 0 amide bonds. The molecule has 0 atom stereocenters. The quantitative estimate of drug-likeness (QED) is 0.728. The van der Waals surface area contributed by atoms with Crippen LogP contribution in [0.1, 0.15) is 32.2 Å². The smallest absolute Gasteiger partial charge is 0.149 e. The number of benzene rings is 1. The van der Waals surface area contributed by atoms with Crippen molar-refractivity contribution in [2.75, 3.05) is 5.32 Å². The summed E-state index contributed by atoms with van der Waals surface area (Å²) in [6, 6.07) is 7.31. The molecule has 2 heterocycles. The molecule has 132 valence electrons. The van der Waals surface area contributed by atoms with Crippen LogP contribution in [0.3, 0.4) is 0 Å². The van der Waals surface area contributed by atoms with Crippen LogP contribution < -0.4 is 5.32 Å². The van der Waals surface area contributed by atoms with E-state index in [1.54, 1.807) is 16.8 Å². The number of aryl methyl sites for hydroxylation is 1. The Balaban J connectivity index is 1.76. The second-order valence-electron chi connectivity index (χ2n) is 6.86. The van der Waals surface area contributed by atoms with Gasteiger partial charge in [0.1, 0.15) is 11.5 Å². The average Bonchev–Trinajstić information content (AvgIpc) is 3.12. The van der Waals surface area contributed by atoms with Crippen LogP contribution in [0.4, 0.5) is 5.82 Å². The summed E-state index contributed by atoms with van der Waals surface area (Å²) in [6.07, 6.45) is 1.94. The van der Waals surface area contributed by atoms with Crippen molar-refractivity contribution in [1.29, 1.82) is 0 Å². The van der Waals surface area contributed by atoms with Crippen molar-refractivity contribution in [1.82, 2.24) is 24.8 Å². The highest BCUT2D eigenvalue weighted by atomic mass is 35.5. The van der Waals surface area contributed by atoms with Gasteiger partial charge in [-0.25, -0.2) is 9.36 Å². The van der Waals surface area contributed by atoms with Crippen LogP contribution in [-0.2, 0) is 12.1 Å².